The quantitative estimate of drug-likeness (QED) is 0.822. The molecule has 0 aliphatic rings. The van der Waals surface area contributed by atoms with Gasteiger partial charge in [0.25, 0.3) is 0 Å². The van der Waals surface area contributed by atoms with Crippen molar-refractivity contribution in [3.8, 4) is 0 Å². The van der Waals surface area contributed by atoms with Crippen molar-refractivity contribution in [3.05, 3.63) is 64.4 Å². The van der Waals surface area contributed by atoms with E-state index >= 15 is 0 Å². The molecule has 0 aliphatic heterocycles. The third-order valence-electron chi connectivity index (χ3n) is 2.67. The van der Waals surface area contributed by atoms with Crippen LogP contribution in [-0.4, -0.2) is 5.91 Å². The number of aryl methyl sites for hydroxylation is 1. The van der Waals surface area contributed by atoms with Gasteiger partial charge in [0.2, 0.25) is 5.91 Å². The van der Waals surface area contributed by atoms with Crippen molar-refractivity contribution in [2.24, 2.45) is 0 Å². The maximum atomic E-state index is 11.7. The number of rotatable bonds is 5. The van der Waals surface area contributed by atoms with E-state index in [2.05, 4.69) is 17.4 Å². The van der Waals surface area contributed by atoms with Crippen LogP contribution in [0.3, 0.4) is 0 Å². The average molecular weight is 272 g/mol. The van der Waals surface area contributed by atoms with Gasteiger partial charge in [-0.25, -0.2) is 0 Å². The molecule has 1 aromatic carbocycles. The van der Waals surface area contributed by atoms with Crippen LogP contribution in [0.5, 0.6) is 0 Å². The molecule has 2 N–H and O–H groups in total. The van der Waals surface area contributed by atoms with Crippen LogP contribution in [0, 0.1) is 6.92 Å². The van der Waals surface area contributed by atoms with Gasteiger partial charge in [0, 0.05) is 4.88 Å². The summed E-state index contributed by atoms with van der Waals surface area (Å²) in [5, 5.41) is 1.96. The lowest BCUT2D eigenvalue weighted by Crippen LogP contribution is -2.36. The molecular formula is C15H16N2OS. The monoisotopic (exact) mass is 272 g/mol. The first-order valence-electron chi connectivity index (χ1n) is 5.98. The third-order valence-corrected chi connectivity index (χ3v) is 3.54. The van der Waals surface area contributed by atoms with Crippen molar-refractivity contribution in [1.82, 2.24) is 10.9 Å². The molecule has 4 heteroatoms. The predicted octanol–water partition coefficient (Wildman–Crippen LogP) is 2.89. The lowest BCUT2D eigenvalue weighted by atomic mass is 10.1. The smallest absolute Gasteiger partial charge is 0.243 e. The van der Waals surface area contributed by atoms with Crippen molar-refractivity contribution in [2.75, 3.05) is 0 Å². The van der Waals surface area contributed by atoms with Crippen LogP contribution in [0.25, 0.3) is 5.70 Å². The summed E-state index contributed by atoms with van der Waals surface area (Å²) in [5.74, 6) is -0.0734. The highest BCUT2D eigenvalue weighted by molar-refractivity contribution is 7.10. The number of carbonyl (C=O) groups excluding carboxylic acids is 1. The second-order valence-corrected chi connectivity index (χ2v) is 5.31. The minimum absolute atomic E-state index is 0.0734. The molecule has 0 radical (unpaired) electrons. The van der Waals surface area contributed by atoms with E-state index in [0.29, 0.717) is 12.1 Å². The Bertz CT molecular complexity index is 558. The molecule has 98 valence electrons. The summed E-state index contributed by atoms with van der Waals surface area (Å²) in [6.07, 6.45) is 0.381. The van der Waals surface area contributed by atoms with E-state index in [1.54, 1.807) is 11.3 Å². The molecule has 0 saturated heterocycles. The Morgan fingerprint density at radius 3 is 2.58 bits per heavy atom. The highest BCUT2D eigenvalue weighted by atomic mass is 32.1. The number of amides is 1. The number of thiophene rings is 1. The van der Waals surface area contributed by atoms with Crippen molar-refractivity contribution in [3.63, 3.8) is 0 Å². The van der Waals surface area contributed by atoms with Crippen molar-refractivity contribution in [1.29, 1.82) is 0 Å². The van der Waals surface area contributed by atoms with Crippen molar-refractivity contribution < 1.29 is 4.79 Å². The highest BCUT2D eigenvalue weighted by Gasteiger charge is 2.04. The molecule has 0 atom stereocenters. The predicted molar refractivity (Wildman–Crippen MR) is 79.5 cm³/mol. The van der Waals surface area contributed by atoms with E-state index in [0.717, 1.165) is 10.4 Å². The van der Waals surface area contributed by atoms with E-state index in [-0.39, 0.29) is 5.91 Å². The van der Waals surface area contributed by atoms with Gasteiger partial charge in [0.05, 0.1) is 12.1 Å². The molecular weight excluding hydrogens is 256 g/mol. The fourth-order valence-corrected chi connectivity index (χ4v) is 2.29. The molecule has 0 spiro atoms. The lowest BCUT2D eigenvalue weighted by Gasteiger charge is -2.11. The van der Waals surface area contributed by atoms with Gasteiger partial charge in [0.1, 0.15) is 0 Å². The maximum absolute atomic E-state index is 11.7. The van der Waals surface area contributed by atoms with Crippen LogP contribution < -0.4 is 10.9 Å². The fourth-order valence-electron chi connectivity index (χ4n) is 1.59. The van der Waals surface area contributed by atoms with Crippen LogP contribution >= 0.6 is 11.3 Å². The molecule has 1 heterocycles. The van der Waals surface area contributed by atoms with Crippen LogP contribution in [0.15, 0.2) is 48.4 Å². The fraction of sp³-hybridized carbons (Fsp3) is 0.133. The minimum atomic E-state index is -0.0734. The molecule has 2 aromatic rings. The van der Waals surface area contributed by atoms with Crippen LogP contribution in [0.2, 0.25) is 0 Å². The van der Waals surface area contributed by atoms with Gasteiger partial charge in [-0.1, -0.05) is 42.5 Å². The van der Waals surface area contributed by atoms with E-state index < -0.39 is 0 Å². The number of nitrogens with one attached hydrogen (secondary N) is 2. The molecule has 1 amide bonds. The van der Waals surface area contributed by atoms with Gasteiger partial charge in [-0.2, -0.15) is 0 Å². The number of hydrazine groups is 1. The normalized spacial score (nSPS) is 9.95. The topological polar surface area (TPSA) is 41.1 Å². The van der Waals surface area contributed by atoms with E-state index in [9.17, 15) is 4.79 Å². The molecule has 3 nitrogen and oxygen atoms in total. The zero-order valence-electron chi connectivity index (χ0n) is 10.8. The average Bonchev–Trinajstić information content (AvgIpc) is 2.89. The Kier molecular flexibility index (Phi) is 4.36. The van der Waals surface area contributed by atoms with Crippen molar-refractivity contribution in [2.45, 2.75) is 13.3 Å². The molecule has 0 saturated carbocycles. The zero-order chi connectivity index (χ0) is 13.7. The number of carbonyl (C=O) groups is 1. The van der Waals surface area contributed by atoms with Gasteiger partial charge in [0.15, 0.2) is 0 Å². The SMILES string of the molecule is C=C(NNC(=O)Cc1cccs1)c1ccc(C)cc1. The van der Waals surface area contributed by atoms with Crippen LogP contribution in [0.1, 0.15) is 16.0 Å². The molecule has 19 heavy (non-hydrogen) atoms. The van der Waals surface area contributed by atoms with Crippen molar-refractivity contribution >= 4 is 22.9 Å². The lowest BCUT2D eigenvalue weighted by molar-refractivity contribution is -0.121. The molecule has 1 aromatic heterocycles. The molecule has 0 unspecified atom stereocenters. The van der Waals surface area contributed by atoms with E-state index in [1.807, 2.05) is 48.7 Å². The van der Waals surface area contributed by atoms with Gasteiger partial charge < -0.3 is 0 Å². The third kappa shape index (κ3) is 3.96. The first-order chi connectivity index (χ1) is 9.15. The number of hydrogen-bond donors (Lipinski definition) is 2. The largest absolute Gasteiger partial charge is 0.299 e. The molecule has 0 aliphatic carbocycles. The Hall–Kier alpha value is -2.07. The summed E-state index contributed by atoms with van der Waals surface area (Å²) in [6, 6.07) is 11.8. The second-order valence-electron chi connectivity index (χ2n) is 4.27. The standard InChI is InChI=1S/C15H16N2OS/c1-11-5-7-13(8-6-11)12(2)16-17-15(18)10-14-4-3-9-19-14/h3-9,16H,2,10H2,1H3,(H,17,18). The summed E-state index contributed by atoms with van der Waals surface area (Å²) >= 11 is 1.57. The Balaban J connectivity index is 1.83. The minimum Gasteiger partial charge on any atom is -0.299 e. The summed E-state index contributed by atoms with van der Waals surface area (Å²) < 4.78 is 0. The van der Waals surface area contributed by atoms with Crippen LogP contribution in [0.4, 0.5) is 0 Å². The van der Waals surface area contributed by atoms with E-state index in [1.165, 1.54) is 5.56 Å². The van der Waals surface area contributed by atoms with E-state index in [4.69, 9.17) is 0 Å². The van der Waals surface area contributed by atoms with Crippen LogP contribution in [-0.2, 0) is 11.2 Å². The van der Waals surface area contributed by atoms with Gasteiger partial charge in [-0.05, 0) is 23.9 Å². The maximum Gasteiger partial charge on any atom is 0.243 e. The summed E-state index contributed by atoms with van der Waals surface area (Å²) in [6.45, 7) is 5.93. The van der Waals surface area contributed by atoms with Gasteiger partial charge in [-0.15, -0.1) is 11.3 Å². The number of benzene rings is 1. The molecule has 0 bridgehead atoms. The zero-order valence-corrected chi connectivity index (χ0v) is 11.6. The first-order valence-corrected chi connectivity index (χ1v) is 6.86. The summed E-state index contributed by atoms with van der Waals surface area (Å²) in [7, 11) is 0. The Morgan fingerprint density at radius 1 is 1.21 bits per heavy atom. The summed E-state index contributed by atoms with van der Waals surface area (Å²) in [4.78, 5) is 12.7. The van der Waals surface area contributed by atoms with Gasteiger partial charge in [-0.3, -0.25) is 15.6 Å². The first kappa shape index (κ1) is 13.4. The Labute approximate surface area is 116 Å². The molecule has 0 fully saturated rings. The second kappa shape index (κ2) is 6.20. The molecule has 2 rings (SSSR count). The summed E-state index contributed by atoms with van der Waals surface area (Å²) in [5.41, 5.74) is 8.33. The number of hydrogen-bond acceptors (Lipinski definition) is 3. The highest BCUT2D eigenvalue weighted by Crippen LogP contribution is 2.10. The Morgan fingerprint density at radius 2 is 1.95 bits per heavy atom. The van der Waals surface area contributed by atoms with Gasteiger partial charge >= 0.3 is 0 Å².